The second kappa shape index (κ2) is 10.8. The normalized spacial score (nSPS) is 15.1. The lowest BCUT2D eigenvalue weighted by Crippen LogP contribution is -2.39. The molecule has 1 saturated carbocycles. The van der Waals surface area contributed by atoms with Crippen LogP contribution in [0.2, 0.25) is 0 Å². The van der Waals surface area contributed by atoms with E-state index in [0.29, 0.717) is 19.1 Å². The summed E-state index contributed by atoms with van der Waals surface area (Å²) in [6.45, 7) is 7.47. The Labute approximate surface area is 217 Å². The maximum Gasteiger partial charge on any atom is 0.252 e. The SMILES string of the molecule is CCC(c1nnnn1Cc1ccc(OC)cc1)N(Cc1cc2cc(C)cc(C)c2[nH]c1=O)C1CCCC1. The molecule has 8 heteroatoms. The molecule has 2 heterocycles. The Morgan fingerprint density at radius 3 is 2.59 bits per heavy atom. The molecule has 4 aromatic rings. The van der Waals surface area contributed by atoms with E-state index >= 15 is 0 Å². The van der Waals surface area contributed by atoms with E-state index in [0.717, 1.165) is 58.4 Å². The third kappa shape index (κ3) is 5.30. The van der Waals surface area contributed by atoms with Crippen LogP contribution in [-0.2, 0) is 13.1 Å². The molecule has 1 unspecified atom stereocenters. The summed E-state index contributed by atoms with van der Waals surface area (Å²) in [7, 11) is 1.67. The molecule has 0 saturated heterocycles. The minimum absolute atomic E-state index is 0.00527. The van der Waals surface area contributed by atoms with E-state index in [1.165, 1.54) is 18.4 Å². The number of ether oxygens (including phenoxy) is 1. The van der Waals surface area contributed by atoms with Crippen molar-refractivity contribution in [3.05, 3.63) is 80.9 Å². The number of methoxy groups -OCH3 is 1. The van der Waals surface area contributed by atoms with Gasteiger partial charge in [0, 0.05) is 18.2 Å². The van der Waals surface area contributed by atoms with Crippen LogP contribution in [0.3, 0.4) is 0 Å². The summed E-state index contributed by atoms with van der Waals surface area (Å²) in [5, 5.41) is 14.0. The fourth-order valence-electron chi connectivity index (χ4n) is 5.81. The van der Waals surface area contributed by atoms with Crippen molar-refractivity contribution in [2.45, 2.75) is 78.0 Å². The molecule has 5 rings (SSSR count). The highest BCUT2D eigenvalue weighted by atomic mass is 16.5. The number of nitrogens with zero attached hydrogens (tertiary/aromatic N) is 5. The van der Waals surface area contributed by atoms with E-state index in [1.807, 2.05) is 35.9 Å². The monoisotopic (exact) mass is 500 g/mol. The summed E-state index contributed by atoms with van der Waals surface area (Å²) in [5.74, 6) is 1.67. The summed E-state index contributed by atoms with van der Waals surface area (Å²) in [6, 6.07) is 14.7. The quantitative estimate of drug-likeness (QED) is 0.345. The van der Waals surface area contributed by atoms with Gasteiger partial charge in [-0.15, -0.1) is 5.10 Å². The largest absolute Gasteiger partial charge is 0.497 e. The lowest BCUT2D eigenvalue weighted by atomic mass is 10.0. The number of hydrogen-bond donors (Lipinski definition) is 1. The van der Waals surface area contributed by atoms with E-state index in [4.69, 9.17) is 4.74 Å². The van der Waals surface area contributed by atoms with E-state index in [9.17, 15) is 4.79 Å². The van der Waals surface area contributed by atoms with Crippen LogP contribution in [0.25, 0.3) is 10.9 Å². The van der Waals surface area contributed by atoms with Gasteiger partial charge in [-0.3, -0.25) is 9.69 Å². The molecule has 0 bridgehead atoms. The zero-order valence-corrected chi connectivity index (χ0v) is 22.2. The Bertz CT molecular complexity index is 1420. The third-order valence-corrected chi connectivity index (χ3v) is 7.65. The van der Waals surface area contributed by atoms with Crippen LogP contribution in [-0.4, -0.2) is 43.2 Å². The molecular formula is C29H36N6O2. The molecule has 1 fully saturated rings. The molecule has 0 amide bonds. The molecular weight excluding hydrogens is 464 g/mol. The van der Waals surface area contributed by atoms with Gasteiger partial charge in [-0.1, -0.05) is 43.5 Å². The Balaban J connectivity index is 1.49. The summed E-state index contributed by atoms with van der Waals surface area (Å²) in [6.07, 6.45) is 5.52. The van der Waals surface area contributed by atoms with Gasteiger partial charge in [0.2, 0.25) is 0 Å². The molecule has 2 aromatic carbocycles. The van der Waals surface area contributed by atoms with Crippen molar-refractivity contribution in [2.24, 2.45) is 0 Å². The molecule has 0 radical (unpaired) electrons. The van der Waals surface area contributed by atoms with E-state index in [-0.39, 0.29) is 11.6 Å². The van der Waals surface area contributed by atoms with Gasteiger partial charge in [-0.2, -0.15) is 0 Å². The van der Waals surface area contributed by atoms with E-state index in [1.54, 1.807) is 7.11 Å². The predicted molar refractivity (Wildman–Crippen MR) is 145 cm³/mol. The fraction of sp³-hybridized carbons (Fsp3) is 0.448. The zero-order valence-electron chi connectivity index (χ0n) is 22.2. The molecule has 0 aliphatic heterocycles. The van der Waals surface area contributed by atoms with Gasteiger partial charge in [-0.25, -0.2) is 4.68 Å². The Morgan fingerprint density at radius 1 is 1.14 bits per heavy atom. The lowest BCUT2D eigenvalue weighted by Gasteiger charge is -2.35. The first-order valence-corrected chi connectivity index (χ1v) is 13.2. The number of aromatic nitrogens is 5. The number of nitrogens with one attached hydrogen (secondary N) is 1. The molecule has 8 nitrogen and oxygen atoms in total. The number of H-pyrrole nitrogens is 1. The molecule has 0 spiro atoms. The van der Waals surface area contributed by atoms with Crippen molar-refractivity contribution >= 4 is 10.9 Å². The van der Waals surface area contributed by atoms with Crippen LogP contribution >= 0.6 is 0 Å². The number of tetrazole rings is 1. The second-order valence-corrected chi connectivity index (χ2v) is 10.2. The van der Waals surface area contributed by atoms with Crippen LogP contribution in [0.15, 0.2) is 47.3 Å². The van der Waals surface area contributed by atoms with Gasteiger partial charge in [0.05, 0.1) is 25.2 Å². The summed E-state index contributed by atoms with van der Waals surface area (Å²) in [5.41, 5.74) is 5.08. The smallest absolute Gasteiger partial charge is 0.252 e. The number of fused-ring (bicyclic) bond motifs is 1. The van der Waals surface area contributed by atoms with Gasteiger partial charge in [0.15, 0.2) is 5.82 Å². The Hall–Kier alpha value is -3.52. The number of hydrogen-bond acceptors (Lipinski definition) is 6. The third-order valence-electron chi connectivity index (χ3n) is 7.65. The number of aryl methyl sites for hydroxylation is 2. The van der Waals surface area contributed by atoms with Crippen molar-refractivity contribution in [3.8, 4) is 5.75 Å². The van der Waals surface area contributed by atoms with Crippen LogP contribution in [0, 0.1) is 13.8 Å². The maximum atomic E-state index is 13.2. The fourth-order valence-corrected chi connectivity index (χ4v) is 5.81. The minimum Gasteiger partial charge on any atom is -0.497 e. The summed E-state index contributed by atoms with van der Waals surface area (Å²) < 4.78 is 7.19. The van der Waals surface area contributed by atoms with Crippen LogP contribution < -0.4 is 10.3 Å². The number of pyridine rings is 1. The van der Waals surface area contributed by atoms with Gasteiger partial charge >= 0.3 is 0 Å². The molecule has 1 aliphatic carbocycles. The van der Waals surface area contributed by atoms with Crippen molar-refractivity contribution in [3.63, 3.8) is 0 Å². The Kier molecular flexibility index (Phi) is 7.37. The summed E-state index contributed by atoms with van der Waals surface area (Å²) in [4.78, 5) is 18.9. The summed E-state index contributed by atoms with van der Waals surface area (Å²) >= 11 is 0. The molecule has 1 aliphatic rings. The highest BCUT2D eigenvalue weighted by molar-refractivity contribution is 5.82. The highest BCUT2D eigenvalue weighted by Gasteiger charge is 2.32. The first kappa shape index (κ1) is 25.1. The van der Waals surface area contributed by atoms with Crippen LogP contribution in [0.4, 0.5) is 0 Å². The first-order chi connectivity index (χ1) is 18.0. The van der Waals surface area contributed by atoms with Crippen molar-refractivity contribution in [2.75, 3.05) is 7.11 Å². The van der Waals surface area contributed by atoms with Crippen molar-refractivity contribution in [1.82, 2.24) is 30.1 Å². The van der Waals surface area contributed by atoms with Crippen LogP contribution in [0.1, 0.15) is 73.1 Å². The first-order valence-electron chi connectivity index (χ1n) is 13.2. The van der Waals surface area contributed by atoms with Crippen molar-refractivity contribution in [1.29, 1.82) is 0 Å². The zero-order chi connectivity index (χ0) is 25.9. The lowest BCUT2D eigenvalue weighted by molar-refractivity contribution is 0.112. The Morgan fingerprint density at radius 2 is 1.89 bits per heavy atom. The second-order valence-electron chi connectivity index (χ2n) is 10.2. The predicted octanol–water partition coefficient (Wildman–Crippen LogP) is 5.08. The molecule has 194 valence electrons. The average Bonchev–Trinajstić information content (AvgIpc) is 3.58. The van der Waals surface area contributed by atoms with Gasteiger partial charge in [-0.05, 0) is 84.3 Å². The van der Waals surface area contributed by atoms with Gasteiger partial charge < -0.3 is 9.72 Å². The van der Waals surface area contributed by atoms with E-state index in [2.05, 4.69) is 57.5 Å². The van der Waals surface area contributed by atoms with E-state index < -0.39 is 0 Å². The average molecular weight is 501 g/mol. The highest BCUT2D eigenvalue weighted by Crippen LogP contribution is 2.34. The molecule has 2 aromatic heterocycles. The molecule has 1 N–H and O–H groups in total. The topological polar surface area (TPSA) is 88.9 Å². The maximum absolute atomic E-state index is 13.2. The standard InChI is InChI=1S/C29H36N6O2/c1-5-26(28-31-32-33-35(28)17-21-10-12-25(37-4)13-11-21)34(24-8-6-7-9-24)18-23-16-22-15-19(2)14-20(3)27(22)30-29(23)36/h10-16,24,26H,5-9,17-18H2,1-4H3,(H,30,36). The minimum atomic E-state index is -0.0184. The van der Waals surface area contributed by atoms with Gasteiger partial charge in [0.25, 0.3) is 5.56 Å². The number of benzene rings is 2. The van der Waals surface area contributed by atoms with Crippen molar-refractivity contribution < 1.29 is 4.74 Å². The van der Waals surface area contributed by atoms with Crippen LogP contribution in [0.5, 0.6) is 5.75 Å². The van der Waals surface area contributed by atoms with Gasteiger partial charge in [0.1, 0.15) is 5.75 Å². The number of rotatable bonds is 9. The number of aromatic amines is 1. The molecule has 1 atom stereocenters. The molecule has 37 heavy (non-hydrogen) atoms.